The average Bonchev–Trinajstić information content (AvgIpc) is 2.07. The van der Waals surface area contributed by atoms with Crippen LogP contribution >= 0.6 is 0 Å². The van der Waals surface area contributed by atoms with E-state index in [4.69, 9.17) is 5.73 Å². The van der Waals surface area contributed by atoms with Gasteiger partial charge in [0.25, 0.3) is 0 Å². The van der Waals surface area contributed by atoms with Crippen molar-refractivity contribution in [3.63, 3.8) is 0 Å². The fourth-order valence-corrected chi connectivity index (χ4v) is 2.54. The van der Waals surface area contributed by atoms with Crippen molar-refractivity contribution in [2.75, 3.05) is 0 Å². The summed E-state index contributed by atoms with van der Waals surface area (Å²) in [5.41, 5.74) is 6.69. The van der Waals surface area contributed by atoms with Gasteiger partial charge in [-0.15, -0.1) is 0 Å². The zero-order valence-corrected chi connectivity index (χ0v) is 9.47. The van der Waals surface area contributed by atoms with Gasteiger partial charge in [-0.2, -0.15) is 0 Å². The summed E-state index contributed by atoms with van der Waals surface area (Å²) < 4.78 is 0. The van der Waals surface area contributed by atoms with Gasteiger partial charge in [0, 0.05) is 6.04 Å². The Bertz CT molecular complexity index is 151. The molecule has 2 atom stereocenters. The minimum Gasteiger partial charge on any atom is -0.327 e. The molecule has 1 fully saturated rings. The summed E-state index contributed by atoms with van der Waals surface area (Å²) in [6, 6.07) is 0.486. The van der Waals surface area contributed by atoms with Crippen LogP contribution in [0.4, 0.5) is 0 Å². The Balaban J connectivity index is 2.41. The van der Waals surface area contributed by atoms with Crippen LogP contribution in [0.3, 0.4) is 0 Å². The first-order chi connectivity index (χ1) is 6.05. The first-order valence-electron chi connectivity index (χ1n) is 5.81. The van der Waals surface area contributed by atoms with E-state index in [0.29, 0.717) is 11.5 Å². The molecule has 13 heavy (non-hydrogen) atoms. The molecule has 0 aromatic carbocycles. The molecule has 1 rings (SSSR count). The standard InChI is InChI=1S/C12H25N/c1-4-5-6-10-9-12(2,3)8-7-11(10)13/h10-11H,4-9,13H2,1-3H3. The topological polar surface area (TPSA) is 26.0 Å². The zero-order valence-electron chi connectivity index (χ0n) is 9.47. The Morgan fingerprint density at radius 2 is 2.08 bits per heavy atom. The van der Waals surface area contributed by atoms with Crippen molar-refractivity contribution in [1.29, 1.82) is 0 Å². The predicted octanol–water partition coefficient (Wildman–Crippen LogP) is 3.33. The molecule has 0 aromatic heterocycles. The molecule has 0 aliphatic heterocycles. The predicted molar refractivity (Wildman–Crippen MR) is 58.6 cm³/mol. The molecule has 0 bridgehead atoms. The Labute approximate surface area is 83.1 Å². The van der Waals surface area contributed by atoms with Gasteiger partial charge in [-0.25, -0.2) is 0 Å². The Morgan fingerprint density at radius 1 is 1.38 bits per heavy atom. The number of nitrogens with two attached hydrogens (primary N) is 1. The minimum atomic E-state index is 0.486. The van der Waals surface area contributed by atoms with Gasteiger partial charge in [-0.3, -0.25) is 0 Å². The van der Waals surface area contributed by atoms with Gasteiger partial charge in [-0.05, 0) is 37.0 Å². The maximum atomic E-state index is 6.14. The first-order valence-corrected chi connectivity index (χ1v) is 5.81. The van der Waals surface area contributed by atoms with Crippen LogP contribution in [0, 0.1) is 11.3 Å². The van der Waals surface area contributed by atoms with Crippen molar-refractivity contribution in [2.24, 2.45) is 17.1 Å². The quantitative estimate of drug-likeness (QED) is 0.713. The first kappa shape index (κ1) is 11.0. The fourth-order valence-electron chi connectivity index (χ4n) is 2.54. The summed E-state index contributed by atoms with van der Waals surface area (Å²) in [6.45, 7) is 7.04. The van der Waals surface area contributed by atoms with E-state index in [9.17, 15) is 0 Å². The van der Waals surface area contributed by atoms with E-state index in [-0.39, 0.29) is 0 Å². The van der Waals surface area contributed by atoms with E-state index in [0.717, 1.165) is 5.92 Å². The molecule has 1 heteroatoms. The molecule has 1 aliphatic rings. The van der Waals surface area contributed by atoms with Crippen LogP contribution in [0.5, 0.6) is 0 Å². The van der Waals surface area contributed by atoms with Crippen molar-refractivity contribution in [3.8, 4) is 0 Å². The van der Waals surface area contributed by atoms with Crippen LogP contribution in [0.1, 0.15) is 59.3 Å². The summed E-state index contributed by atoms with van der Waals surface area (Å²) in [4.78, 5) is 0. The lowest BCUT2D eigenvalue weighted by molar-refractivity contribution is 0.149. The van der Waals surface area contributed by atoms with Gasteiger partial charge >= 0.3 is 0 Å². The number of unbranched alkanes of at least 4 members (excludes halogenated alkanes) is 1. The molecule has 1 nitrogen and oxygen atoms in total. The molecule has 0 spiro atoms. The molecule has 0 amide bonds. The van der Waals surface area contributed by atoms with Crippen LogP contribution in [0.25, 0.3) is 0 Å². The fraction of sp³-hybridized carbons (Fsp3) is 1.00. The van der Waals surface area contributed by atoms with Crippen molar-refractivity contribution in [3.05, 3.63) is 0 Å². The van der Waals surface area contributed by atoms with Crippen LogP contribution in [0.15, 0.2) is 0 Å². The average molecular weight is 183 g/mol. The largest absolute Gasteiger partial charge is 0.327 e. The molecule has 0 saturated heterocycles. The molecule has 0 radical (unpaired) electrons. The monoisotopic (exact) mass is 183 g/mol. The summed E-state index contributed by atoms with van der Waals surface area (Å²) in [5.74, 6) is 0.795. The van der Waals surface area contributed by atoms with Crippen LogP contribution in [0.2, 0.25) is 0 Å². The van der Waals surface area contributed by atoms with E-state index in [2.05, 4.69) is 20.8 Å². The van der Waals surface area contributed by atoms with Crippen molar-refractivity contribution >= 4 is 0 Å². The van der Waals surface area contributed by atoms with Gasteiger partial charge in [0.1, 0.15) is 0 Å². The Kier molecular flexibility index (Phi) is 3.78. The van der Waals surface area contributed by atoms with Crippen molar-refractivity contribution in [1.82, 2.24) is 0 Å². The highest BCUT2D eigenvalue weighted by Gasteiger charge is 2.32. The summed E-state index contributed by atoms with van der Waals surface area (Å²) in [5, 5.41) is 0. The highest BCUT2D eigenvalue weighted by molar-refractivity contribution is 4.86. The third-order valence-electron chi connectivity index (χ3n) is 3.50. The van der Waals surface area contributed by atoms with Crippen molar-refractivity contribution < 1.29 is 0 Å². The summed E-state index contributed by atoms with van der Waals surface area (Å²) in [6.07, 6.45) is 7.91. The van der Waals surface area contributed by atoms with Crippen molar-refractivity contribution in [2.45, 2.75) is 65.3 Å². The molecular formula is C12H25N. The van der Waals surface area contributed by atoms with E-state index >= 15 is 0 Å². The zero-order chi connectivity index (χ0) is 9.90. The molecule has 0 heterocycles. The Morgan fingerprint density at radius 3 is 2.69 bits per heavy atom. The number of rotatable bonds is 3. The smallest absolute Gasteiger partial charge is 0.00675 e. The normalized spacial score (nSPS) is 33.2. The van der Waals surface area contributed by atoms with Gasteiger partial charge in [0.05, 0.1) is 0 Å². The van der Waals surface area contributed by atoms with E-state index in [1.54, 1.807) is 0 Å². The molecular weight excluding hydrogens is 158 g/mol. The maximum Gasteiger partial charge on any atom is 0.00675 e. The van der Waals surface area contributed by atoms with E-state index < -0.39 is 0 Å². The Hall–Kier alpha value is -0.0400. The minimum absolute atomic E-state index is 0.486. The third-order valence-corrected chi connectivity index (χ3v) is 3.50. The summed E-state index contributed by atoms with van der Waals surface area (Å²) in [7, 11) is 0. The third kappa shape index (κ3) is 3.30. The van der Waals surface area contributed by atoms with Gasteiger partial charge in [-0.1, -0.05) is 33.6 Å². The highest BCUT2D eigenvalue weighted by atomic mass is 14.7. The van der Waals surface area contributed by atoms with Crippen LogP contribution in [-0.2, 0) is 0 Å². The summed E-state index contributed by atoms with van der Waals surface area (Å²) >= 11 is 0. The molecule has 78 valence electrons. The number of hydrogen-bond acceptors (Lipinski definition) is 1. The second kappa shape index (κ2) is 4.45. The molecule has 2 N–H and O–H groups in total. The van der Waals surface area contributed by atoms with E-state index in [1.807, 2.05) is 0 Å². The molecule has 1 aliphatic carbocycles. The second-order valence-corrected chi connectivity index (χ2v) is 5.47. The van der Waals surface area contributed by atoms with Crippen LogP contribution < -0.4 is 5.73 Å². The lowest BCUT2D eigenvalue weighted by Crippen LogP contribution is -2.39. The lowest BCUT2D eigenvalue weighted by atomic mass is 9.69. The van der Waals surface area contributed by atoms with E-state index in [1.165, 1.54) is 38.5 Å². The molecule has 0 aromatic rings. The van der Waals surface area contributed by atoms with Gasteiger partial charge < -0.3 is 5.73 Å². The van der Waals surface area contributed by atoms with Gasteiger partial charge in [0.2, 0.25) is 0 Å². The lowest BCUT2D eigenvalue weighted by Gasteiger charge is -2.39. The second-order valence-electron chi connectivity index (χ2n) is 5.47. The SMILES string of the molecule is CCCCC1CC(C)(C)CCC1N. The highest BCUT2D eigenvalue weighted by Crippen LogP contribution is 2.39. The number of hydrogen-bond donors (Lipinski definition) is 1. The van der Waals surface area contributed by atoms with Crippen LogP contribution in [-0.4, -0.2) is 6.04 Å². The maximum absolute atomic E-state index is 6.14. The molecule has 1 saturated carbocycles. The molecule has 2 unspecified atom stereocenters. The van der Waals surface area contributed by atoms with Gasteiger partial charge in [0.15, 0.2) is 0 Å².